The SMILES string of the molecule is Cc1nn(C)c(C)c1C(=O)C(=O)O[C@H](C(=O)Nc1cc(Cl)cc(Cl)c1)c1ccccc1. The number of hydrogen-bond acceptors (Lipinski definition) is 5. The number of nitrogens with zero attached hydrogens (tertiary/aromatic N) is 2. The summed E-state index contributed by atoms with van der Waals surface area (Å²) in [6.45, 7) is 3.29. The third-order valence-electron chi connectivity index (χ3n) is 4.62. The summed E-state index contributed by atoms with van der Waals surface area (Å²) < 4.78 is 6.86. The first-order chi connectivity index (χ1) is 14.7. The highest BCUT2D eigenvalue weighted by Gasteiger charge is 2.31. The van der Waals surface area contributed by atoms with E-state index in [0.29, 0.717) is 32.7 Å². The maximum Gasteiger partial charge on any atom is 0.380 e. The topological polar surface area (TPSA) is 90.3 Å². The minimum absolute atomic E-state index is 0.154. The molecule has 0 saturated carbocycles. The predicted octanol–water partition coefficient (Wildman–Crippen LogP) is 4.45. The molecule has 0 aliphatic rings. The molecule has 2 aromatic carbocycles. The van der Waals surface area contributed by atoms with E-state index in [1.54, 1.807) is 51.2 Å². The molecule has 9 heteroatoms. The molecule has 1 heterocycles. The van der Waals surface area contributed by atoms with Gasteiger partial charge in [0.25, 0.3) is 11.7 Å². The lowest BCUT2D eigenvalue weighted by Gasteiger charge is -2.18. The van der Waals surface area contributed by atoms with Crippen molar-refractivity contribution in [2.75, 3.05) is 5.32 Å². The van der Waals surface area contributed by atoms with E-state index in [0.717, 1.165) is 0 Å². The Balaban J connectivity index is 1.88. The van der Waals surface area contributed by atoms with Crippen molar-refractivity contribution in [3.05, 3.63) is 81.1 Å². The number of aryl methyl sites for hydroxylation is 2. The molecule has 31 heavy (non-hydrogen) atoms. The van der Waals surface area contributed by atoms with Gasteiger partial charge in [-0.2, -0.15) is 5.10 Å². The first-order valence-electron chi connectivity index (χ1n) is 9.24. The summed E-state index contributed by atoms with van der Waals surface area (Å²) in [5.41, 5.74) is 1.80. The van der Waals surface area contributed by atoms with Crippen LogP contribution in [-0.4, -0.2) is 27.4 Å². The molecule has 0 aliphatic carbocycles. The molecule has 0 saturated heterocycles. The normalized spacial score (nSPS) is 11.6. The zero-order valence-electron chi connectivity index (χ0n) is 17.0. The Kier molecular flexibility index (Phi) is 6.77. The van der Waals surface area contributed by atoms with Crippen molar-refractivity contribution < 1.29 is 19.1 Å². The van der Waals surface area contributed by atoms with E-state index in [-0.39, 0.29) is 5.56 Å². The number of aromatic nitrogens is 2. The second-order valence-electron chi connectivity index (χ2n) is 6.84. The molecule has 1 amide bonds. The Morgan fingerprint density at radius 1 is 1.03 bits per heavy atom. The lowest BCUT2D eigenvalue weighted by atomic mass is 10.1. The first kappa shape index (κ1) is 22.5. The van der Waals surface area contributed by atoms with Gasteiger partial charge in [0.1, 0.15) is 0 Å². The van der Waals surface area contributed by atoms with Gasteiger partial charge in [-0.1, -0.05) is 53.5 Å². The largest absolute Gasteiger partial charge is 0.441 e. The number of amides is 1. The number of hydrogen-bond donors (Lipinski definition) is 1. The molecule has 0 fully saturated rings. The molecule has 0 spiro atoms. The van der Waals surface area contributed by atoms with Crippen molar-refractivity contribution in [2.24, 2.45) is 7.05 Å². The summed E-state index contributed by atoms with van der Waals surface area (Å²) in [5.74, 6) is -2.69. The van der Waals surface area contributed by atoms with Crippen LogP contribution in [0.5, 0.6) is 0 Å². The van der Waals surface area contributed by atoms with Gasteiger partial charge in [-0.25, -0.2) is 4.79 Å². The third kappa shape index (κ3) is 5.13. The minimum Gasteiger partial charge on any atom is -0.441 e. The Morgan fingerprint density at radius 2 is 1.65 bits per heavy atom. The Morgan fingerprint density at radius 3 is 2.19 bits per heavy atom. The molecule has 7 nitrogen and oxygen atoms in total. The number of benzene rings is 2. The lowest BCUT2D eigenvalue weighted by Crippen LogP contribution is -2.29. The average Bonchev–Trinajstić information content (AvgIpc) is 2.96. The average molecular weight is 460 g/mol. The molecule has 0 aliphatic heterocycles. The third-order valence-corrected chi connectivity index (χ3v) is 5.05. The summed E-state index contributed by atoms with van der Waals surface area (Å²) in [7, 11) is 1.67. The molecular formula is C22H19Cl2N3O4. The second kappa shape index (κ2) is 9.32. The standard InChI is InChI=1S/C22H19Cl2N3O4/c1-12-18(13(2)27(3)26-12)19(28)22(30)31-20(14-7-5-4-6-8-14)21(29)25-17-10-15(23)9-16(24)11-17/h4-11,20H,1-3H3,(H,25,29)/t20-/m0/s1. The molecule has 0 radical (unpaired) electrons. The lowest BCUT2D eigenvalue weighted by molar-refractivity contribution is -0.149. The van der Waals surface area contributed by atoms with E-state index in [2.05, 4.69) is 10.4 Å². The number of ether oxygens (including phenoxy) is 1. The van der Waals surface area contributed by atoms with Gasteiger partial charge in [-0.3, -0.25) is 14.3 Å². The molecule has 3 rings (SSSR count). The molecular weight excluding hydrogens is 441 g/mol. The van der Waals surface area contributed by atoms with E-state index >= 15 is 0 Å². The molecule has 160 valence electrons. The van der Waals surface area contributed by atoms with E-state index < -0.39 is 23.8 Å². The zero-order valence-corrected chi connectivity index (χ0v) is 18.5. The maximum atomic E-state index is 13.0. The molecule has 0 bridgehead atoms. The number of ketones is 1. The van der Waals surface area contributed by atoms with Crippen molar-refractivity contribution in [3.8, 4) is 0 Å². The van der Waals surface area contributed by atoms with E-state index in [1.807, 2.05) is 0 Å². The minimum atomic E-state index is -1.37. The predicted molar refractivity (Wildman–Crippen MR) is 117 cm³/mol. The van der Waals surface area contributed by atoms with Crippen LogP contribution in [0.1, 0.15) is 33.4 Å². The molecule has 1 N–H and O–H groups in total. The Bertz CT molecular complexity index is 1140. The monoisotopic (exact) mass is 459 g/mol. The number of carbonyl (C=O) groups excluding carboxylic acids is 3. The van der Waals surface area contributed by atoms with Crippen molar-refractivity contribution in [1.29, 1.82) is 0 Å². The van der Waals surface area contributed by atoms with Crippen LogP contribution in [0.2, 0.25) is 10.0 Å². The fraction of sp³-hybridized carbons (Fsp3) is 0.182. The summed E-state index contributed by atoms with van der Waals surface area (Å²) >= 11 is 12.0. The number of rotatable bonds is 6. The van der Waals surface area contributed by atoms with Crippen LogP contribution >= 0.6 is 23.2 Å². The van der Waals surface area contributed by atoms with Crippen molar-refractivity contribution in [1.82, 2.24) is 9.78 Å². The van der Waals surface area contributed by atoms with Crippen molar-refractivity contribution >= 4 is 46.5 Å². The molecule has 0 unspecified atom stereocenters. The van der Waals surface area contributed by atoms with E-state index in [1.165, 1.54) is 22.9 Å². The number of anilines is 1. The number of esters is 1. The van der Waals surface area contributed by atoms with Gasteiger partial charge in [-0.15, -0.1) is 0 Å². The van der Waals surface area contributed by atoms with Gasteiger partial charge >= 0.3 is 5.97 Å². The summed E-state index contributed by atoms with van der Waals surface area (Å²) in [5, 5.41) is 7.42. The van der Waals surface area contributed by atoms with Crippen LogP contribution < -0.4 is 5.32 Å². The van der Waals surface area contributed by atoms with Crippen LogP contribution in [0.3, 0.4) is 0 Å². The Hall–Kier alpha value is -3.16. The van der Waals surface area contributed by atoms with Gasteiger partial charge < -0.3 is 10.1 Å². The molecule has 1 atom stereocenters. The number of nitrogens with one attached hydrogen (secondary N) is 1. The number of carbonyl (C=O) groups is 3. The van der Waals surface area contributed by atoms with E-state index in [4.69, 9.17) is 27.9 Å². The maximum absolute atomic E-state index is 13.0. The van der Waals surface area contributed by atoms with Crippen LogP contribution in [0.15, 0.2) is 48.5 Å². The smallest absolute Gasteiger partial charge is 0.380 e. The summed E-state index contributed by atoms with van der Waals surface area (Å²) in [4.78, 5) is 38.4. The Labute approximate surface area is 188 Å². The highest BCUT2D eigenvalue weighted by molar-refractivity contribution is 6.41. The number of Topliss-reactive ketones (excluding diaryl/α,β-unsaturated/α-hetero) is 1. The van der Waals surface area contributed by atoms with Crippen LogP contribution in [0, 0.1) is 13.8 Å². The van der Waals surface area contributed by atoms with Crippen molar-refractivity contribution in [3.63, 3.8) is 0 Å². The molecule has 3 aromatic rings. The summed E-state index contributed by atoms with van der Waals surface area (Å²) in [6.07, 6.45) is -1.37. The van der Waals surface area contributed by atoms with Gasteiger partial charge in [0.05, 0.1) is 11.3 Å². The zero-order chi connectivity index (χ0) is 22.7. The van der Waals surface area contributed by atoms with Crippen LogP contribution in [0.4, 0.5) is 5.69 Å². The van der Waals surface area contributed by atoms with Crippen molar-refractivity contribution in [2.45, 2.75) is 20.0 Å². The van der Waals surface area contributed by atoms with Gasteiger partial charge in [0, 0.05) is 34.0 Å². The first-order valence-corrected chi connectivity index (χ1v) is 10.0. The van der Waals surface area contributed by atoms with Gasteiger partial charge in [0.2, 0.25) is 6.10 Å². The fourth-order valence-electron chi connectivity index (χ4n) is 3.10. The molecule has 1 aromatic heterocycles. The van der Waals surface area contributed by atoms with Crippen LogP contribution in [-0.2, 0) is 21.4 Å². The highest BCUT2D eigenvalue weighted by Crippen LogP contribution is 2.26. The quantitative estimate of drug-likeness (QED) is 0.334. The number of halogens is 2. The van der Waals surface area contributed by atoms with Crippen LogP contribution in [0.25, 0.3) is 0 Å². The van der Waals surface area contributed by atoms with Gasteiger partial charge in [0.15, 0.2) is 0 Å². The van der Waals surface area contributed by atoms with E-state index in [9.17, 15) is 14.4 Å². The fourth-order valence-corrected chi connectivity index (χ4v) is 3.63. The van der Waals surface area contributed by atoms with Gasteiger partial charge in [-0.05, 0) is 32.0 Å². The highest BCUT2D eigenvalue weighted by atomic mass is 35.5. The second-order valence-corrected chi connectivity index (χ2v) is 7.71. The summed E-state index contributed by atoms with van der Waals surface area (Å²) in [6, 6.07) is 12.9.